The maximum absolute atomic E-state index is 10.8. The zero-order valence-corrected chi connectivity index (χ0v) is 23.1. The molecular weight excluding hydrogens is 589 g/mol. The molecule has 0 aliphatic carbocycles. The number of nitro benzene ring substituents is 1. The highest BCUT2D eigenvalue weighted by molar-refractivity contribution is 9.10. The largest absolute Gasteiger partial charge is 0.493 e. The number of halogens is 3. The molecule has 2 N–H and O–H groups in total. The number of hydrogen-bond acceptors (Lipinski definition) is 8. The second-order valence-corrected chi connectivity index (χ2v) is 9.16. The zero-order chi connectivity index (χ0) is 25.5. The van der Waals surface area contributed by atoms with Gasteiger partial charge in [-0.3, -0.25) is 10.1 Å². The number of anilines is 1. The van der Waals surface area contributed by atoms with Crippen molar-refractivity contribution in [1.29, 1.82) is 0 Å². The van der Waals surface area contributed by atoms with Crippen molar-refractivity contribution >= 4 is 51.3 Å². The van der Waals surface area contributed by atoms with Crippen molar-refractivity contribution in [1.82, 2.24) is 5.32 Å². The maximum Gasteiger partial charge on any atom is 0.271 e. The summed E-state index contributed by atoms with van der Waals surface area (Å²) in [5.74, 6) is 2.70. The highest BCUT2D eigenvalue weighted by Gasteiger charge is 2.15. The topological polar surface area (TPSA) is 104 Å². The van der Waals surface area contributed by atoms with Crippen molar-refractivity contribution in [3.8, 4) is 23.0 Å². The summed E-state index contributed by atoms with van der Waals surface area (Å²) < 4.78 is 23.6. The fourth-order valence-electron chi connectivity index (χ4n) is 3.63. The summed E-state index contributed by atoms with van der Waals surface area (Å²) in [4.78, 5) is 10.4. The molecule has 0 unspecified atom stereocenters. The van der Waals surface area contributed by atoms with E-state index in [0.29, 0.717) is 61.7 Å². The highest BCUT2D eigenvalue weighted by atomic mass is 79.9. The molecular formula is C25H26BrCl2N3O6. The number of hydrogen-bond donors (Lipinski definition) is 2. The van der Waals surface area contributed by atoms with Crippen LogP contribution < -0.4 is 29.6 Å². The van der Waals surface area contributed by atoms with Crippen LogP contribution in [0.1, 0.15) is 11.1 Å². The highest BCUT2D eigenvalue weighted by Crippen LogP contribution is 2.38. The number of non-ortho nitro benzene ring substituents is 1. The molecule has 0 saturated heterocycles. The molecule has 0 amide bonds. The zero-order valence-electron chi connectivity index (χ0n) is 19.9. The Kier molecular flexibility index (Phi) is 10.5. The molecule has 9 nitrogen and oxygen atoms in total. The number of fused-ring (bicyclic) bond motifs is 1. The molecule has 12 heteroatoms. The molecule has 1 heterocycles. The van der Waals surface area contributed by atoms with Crippen LogP contribution in [0.5, 0.6) is 23.0 Å². The fraction of sp³-hybridized carbons (Fsp3) is 0.280. The average Bonchev–Trinajstić information content (AvgIpc) is 2.88. The van der Waals surface area contributed by atoms with Gasteiger partial charge in [0.05, 0.1) is 27.2 Å². The summed E-state index contributed by atoms with van der Waals surface area (Å²) in [5.41, 5.74) is 2.58. The van der Waals surface area contributed by atoms with Gasteiger partial charge in [0.1, 0.15) is 19.8 Å². The van der Waals surface area contributed by atoms with Gasteiger partial charge < -0.3 is 29.6 Å². The van der Waals surface area contributed by atoms with Crippen LogP contribution in [-0.4, -0.2) is 38.3 Å². The molecule has 37 heavy (non-hydrogen) atoms. The van der Waals surface area contributed by atoms with Crippen molar-refractivity contribution in [2.75, 3.05) is 38.7 Å². The lowest BCUT2D eigenvalue weighted by atomic mass is 10.2. The Balaban J connectivity index is 0.00000380. The molecule has 198 valence electrons. The Labute approximate surface area is 234 Å². The second kappa shape index (κ2) is 13.6. The third kappa shape index (κ3) is 7.54. The molecule has 0 fully saturated rings. The smallest absolute Gasteiger partial charge is 0.271 e. The molecule has 3 aromatic rings. The number of nitrogens with one attached hydrogen (secondary N) is 2. The molecule has 4 rings (SSSR count). The van der Waals surface area contributed by atoms with Crippen LogP contribution >= 0.6 is 39.9 Å². The van der Waals surface area contributed by atoms with E-state index in [1.165, 1.54) is 12.1 Å². The van der Waals surface area contributed by atoms with Crippen LogP contribution in [0, 0.1) is 10.1 Å². The normalized spacial score (nSPS) is 11.9. The van der Waals surface area contributed by atoms with Gasteiger partial charge in [0.15, 0.2) is 23.0 Å². The van der Waals surface area contributed by atoms with E-state index in [1.807, 2.05) is 30.3 Å². The lowest BCUT2D eigenvalue weighted by Crippen LogP contribution is -2.22. The summed E-state index contributed by atoms with van der Waals surface area (Å²) in [6.45, 7) is 3.28. The molecule has 0 atom stereocenters. The Morgan fingerprint density at radius 3 is 2.57 bits per heavy atom. The van der Waals surface area contributed by atoms with Crippen LogP contribution in [0.2, 0.25) is 5.02 Å². The second-order valence-electron chi connectivity index (χ2n) is 7.90. The first kappa shape index (κ1) is 28.6. The number of rotatable bonds is 11. The van der Waals surface area contributed by atoms with E-state index in [4.69, 9.17) is 30.5 Å². The van der Waals surface area contributed by atoms with Gasteiger partial charge in [-0.2, -0.15) is 0 Å². The van der Waals surface area contributed by atoms with Crippen molar-refractivity contribution in [2.24, 2.45) is 0 Å². The van der Waals surface area contributed by atoms with Crippen molar-refractivity contribution < 1.29 is 23.9 Å². The lowest BCUT2D eigenvalue weighted by molar-refractivity contribution is -0.384. The molecule has 3 aromatic carbocycles. The van der Waals surface area contributed by atoms with Gasteiger partial charge in [-0.25, -0.2) is 0 Å². The van der Waals surface area contributed by atoms with E-state index < -0.39 is 4.92 Å². The molecule has 0 saturated carbocycles. The van der Waals surface area contributed by atoms with E-state index in [0.717, 1.165) is 27.1 Å². The molecule has 0 spiro atoms. The monoisotopic (exact) mass is 613 g/mol. The Morgan fingerprint density at radius 2 is 1.84 bits per heavy atom. The van der Waals surface area contributed by atoms with Gasteiger partial charge in [0, 0.05) is 31.8 Å². The predicted molar refractivity (Wildman–Crippen MR) is 148 cm³/mol. The minimum atomic E-state index is -0.474. The lowest BCUT2D eigenvalue weighted by Gasteiger charge is -2.19. The number of methoxy groups -OCH3 is 1. The van der Waals surface area contributed by atoms with Crippen LogP contribution in [0.25, 0.3) is 0 Å². The number of benzene rings is 3. The Bertz CT molecular complexity index is 1250. The van der Waals surface area contributed by atoms with Crippen LogP contribution in [0.3, 0.4) is 0 Å². The number of nitro groups is 1. The molecule has 1 aliphatic heterocycles. The van der Waals surface area contributed by atoms with Crippen molar-refractivity contribution in [3.63, 3.8) is 0 Å². The first-order valence-electron chi connectivity index (χ1n) is 11.2. The standard InChI is InChI=1S/C25H25BrClN3O6.ClH/c1-33-24-12-17(14-28-6-7-29-21-4-3-18(30(31)32)13-20(21)27)10-19(26)25(24)36-15-16-2-5-22-23(11-16)35-9-8-34-22;/h2-5,10-13,28-29H,6-9,14-15H2,1H3;1H. The van der Waals surface area contributed by atoms with Gasteiger partial charge in [-0.05, 0) is 57.4 Å². The molecule has 0 aromatic heterocycles. The van der Waals surface area contributed by atoms with Gasteiger partial charge >= 0.3 is 0 Å². The van der Waals surface area contributed by atoms with Crippen LogP contribution in [0.15, 0.2) is 53.0 Å². The summed E-state index contributed by atoms with van der Waals surface area (Å²) in [6.07, 6.45) is 0. The van der Waals surface area contributed by atoms with Gasteiger partial charge in [0.25, 0.3) is 5.69 Å². The van der Waals surface area contributed by atoms with Crippen molar-refractivity contribution in [3.05, 3.63) is 79.3 Å². The third-order valence-electron chi connectivity index (χ3n) is 5.39. The molecule has 0 bridgehead atoms. The van der Waals surface area contributed by atoms with E-state index in [9.17, 15) is 10.1 Å². The summed E-state index contributed by atoms with van der Waals surface area (Å²) in [5, 5.41) is 17.7. The van der Waals surface area contributed by atoms with E-state index in [1.54, 1.807) is 13.2 Å². The first-order chi connectivity index (χ1) is 17.4. The van der Waals surface area contributed by atoms with Crippen LogP contribution in [-0.2, 0) is 13.2 Å². The fourth-order valence-corrected chi connectivity index (χ4v) is 4.47. The molecule has 0 radical (unpaired) electrons. The summed E-state index contributed by atoms with van der Waals surface area (Å²) >= 11 is 9.71. The Morgan fingerprint density at radius 1 is 1.05 bits per heavy atom. The average molecular weight is 615 g/mol. The van der Waals surface area contributed by atoms with E-state index in [2.05, 4.69) is 26.6 Å². The predicted octanol–water partition coefficient (Wildman–Crippen LogP) is 5.99. The van der Waals surface area contributed by atoms with E-state index in [-0.39, 0.29) is 18.1 Å². The first-order valence-corrected chi connectivity index (χ1v) is 12.4. The third-order valence-corrected chi connectivity index (χ3v) is 6.29. The van der Waals surface area contributed by atoms with E-state index >= 15 is 0 Å². The minimum Gasteiger partial charge on any atom is -0.493 e. The van der Waals surface area contributed by atoms with Crippen molar-refractivity contribution in [2.45, 2.75) is 13.2 Å². The summed E-state index contributed by atoms with van der Waals surface area (Å²) in [7, 11) is 1.60. The Hall–Kier alpha value is -2.92. The van der Waals surface area contributed by atoms with Gasteiger partial charge in [-0.15, -0.1) is 12.4 Å². The SMILES string of the molecule is COc1cc(CNCCNc2ccc([N+](=O)[O-])cc2Cl)cc(Br)c1OCc1ccc2c(c1)OCCO2.Cl. The van der Waals surface area contributed by atoms with Gasteiger partial charge in [-0.1, -0.05) is 17.7 Å². The maximum atomic E-state index is 10.8. The minimum absolute atomic E-state index is 0. The quantitative estimate of drug-likeness (QED) is 0.154. The van der Waals surface area contributed by atoms with Crippen LogP contribution in [0.4, 0.5) is 11.4 Å². The number of nitrogens with zero attached hydrogens (tertiary/aromatic N) is 1. The number of ether oxygens (including phenoxy) is 4. The van der Waals surface area contributed by atoms with Gasteiger partial charge in [0.2, 0.25) is 0 Å². The molecule has 1 aliphatic rings. The summed E-state index contributed by atoms with van der Waals surface area (Å²) in [6, 6.07) is 14.0.